The fourth-order valence-electron chi connectivity index (χ4n) is 10.7. The van der Waals surface area contributed by atoms with Crippen LogP contribution in [0.5, 0.6) is 0 Å². The molecular weight excluding hydrogens is 1260 g/mol. The number of methoxy groups -OCH3 is 1. The monoisotopic (exact) mass is 1340 g/mol. The quantitative estimate of drug-likeness (QED) is 0.0215. The number of primary amides is 1. The first-order chi connectivity index (χ1) is 39.5. The molecule has 2 aromatic carbocycles. The molecule has 0 radical (unpaired) electrons. The molecule has 0 saturated carbocycles. The van der Waals surface area contributed by atoms with Gasteiger partial charge in [-0.3, -0.25) is 34.1 Å². The Labute approximate surface area is 518 Å². The number of ether oxygens (including phenoxy) is 5. The van der Waals surface area contributed by atoms with Gasteiger partial charge in [0.2, 0.25) is 11.8 Å². The number of hydrogen-bond donors (Lipinski definition) is 5. The van der Waals surface area contributed by atoms with Crippen LogP contribution in [-0.2, 0) is 65.3 Å². The van der Waals surface area contributed by atoms with Gasteiger partial charge in [-0.25, -0.2) is 14.0 Å². The molecule has 0 aromatic heterocycles. The number of hydrogen-bond acceptors (Lipinski definition) is 14. The summed E-state index contributed by atoms with van der Waals surface area (Å²) in [5.74, 6) is -5.86. The number of alkyl halides is 2. The normalized spacial score (nSPS) is 24.8. The van der Waals surface area contributed by atoms with Crippen molar-refractivity contribution in [1.29, 1.82) is 0 Å². The molecule has 4 bridgehead atoms. The maximum Gasteiger partial charge on any atom is 0.412 e. The van der Waals surface area contributed by atoms with Gasteiger partial charge < -0.3 is 50.1 Å². The molecule has 464 valence electrons. The smallest absolute Gasteiger partial charge is 0.412 e. The summed E-state index contributed by atoms with van der Waals surface area (Å²) in [6, 6.07) is 3.76. The molecule has 2 aromatic rings. The van der Waals surface area contributed by atoms with Gasteiger partial charge in [0.05, 0.1) is 58.4 Å². The van der Waals surface area contributed by atoms with E-state index in [0.29, 0.717) is 52.6 Å². The number of urea groups is 1. The molecule has 84 heavy (non-hydrogen) atoms. The zero-order valence-electron chi connectivity index (χ0n) is 49.1. The molecular formula is C60H80Br2Cl2FN5O14. The van der Waals surface area contributed by atoms with Crippen molar-refractivity contribution in [2.45, 2.75) is 173 Å². The minimum absolute atomic E-state index is 0.0111. The third-order valence-corrected chi connectivity index (χ3v) is 18.2. The highest BCUT2D eigenvalue weighted by Gasteiger charge is 2.64. The van der Waals surface area contributed by atoms with Crippen molar-refractivity contribution < 1.29 is 71.5 Å². The fourth-order valence-corrected chi connectivity index (χ4v) is 12.7. The summed E-state index contributed by atoms with van der Waals surface area (Å²) in [7, 11) is 2.98. The van der Waals surface area contributed by atoms with Crippen molar-refractivity contribution in [3.8, 4) is 0 Å². The van der Waals surface area contributed by atoms with Crippen LogP contribution in [0.1, 0.15) is 122 Å². The van der Waals surface area contributed by atoms with Crippen LogP contribution in [0, 0.1) is 36.4 Å². The number of halogens is 5. The lowest BCUT2D eigenvalue weighted by molar-refractivity contribution is -0.187. The number of unbranched alkanes of at least 4 members (excludes halogenated alkanes) is 1. The second-order valence-electron chi connectivity index (χ2n) is 22.9. The number of allylic oxidation sites excluding steroid dienone is 3. The van der Waals surface area contributed by atoms with Crippen molar-refractivity contribution in [2.24, 2.45) is 29.4 Å². The number of nitrogens with two attached hydrogens (primary N) is 1. The average Bonchev–Trinajstić information content (AvgIpc) is 1.87. The topological polar surface area (TPSA) is 272 Å². The first-order valence-electron chi connectivity index (χ1n) is 28.2. The minimum atomic E-state index is -1.67. The Morgan fingerprint density at radius 2 is 1.71 bits per heavy atom. The Morgan fingerprint density at radius 1 is 1.01 bits per heavy atom. The van der Waals surface area contributed by atoms with E-state index in [1.165, 1.54) is 12.0 Å². The van der Waals surface area contributed by atoms with E-state index in [1.807, 2.05) is 26.0 Å². The molecule has 3 heterocycles. The Bertz CT molecular complexity index is 2800. The molecule has 5 rings (SSSR count). The summed E-state index contributed by atoms with van der Waals surface area (Å²) >= 11 is 20.1. The van der Waals surface area contributed by atoms with Crippen molar-refractivity contribution in [2.75, 3.05) is 41.6 Å². The van der Waals surface area contributed by atoms with Gasteiger partial charge in [-0.05, 0) is 107 Å². The lowest BCUT2D eigenvalue weighted by atomic mass is 9.78. The van der Waals surface area contributed by atoms with Crippen LogP contribution in [0.2, 0.25) is 10.0 Å². The number of nitrogens with one attached hydrogen (secondary N) is 3. The zero-order chi connectivity index (χ0) is 62.4. The summed E-state index contributed by atoms with van der Waals surface area (Å²) < 4.78 is 45.6. The van der Waals surface area contributed by atoms with Gasteiger partial charge in [0, 0.05) is 68.9 Å². The van der Waals surface area contributed by atoms with Crippen LogP contribution >= 0.6 is 55.1 Å². The van der Waals surface area contributed by atoms with Crippen molar-refractivity contribution in [1.82, 2.24) is 10.6 Å². The summed E-state index contributed by atoms with van der Waals surface area (Å²) in [4.78, 5) is 108. The Hall–Kier alpha value is -4.97. The summed E-state index contributed by atoms with van der Waals surface area (Å²) in [5, 5.41) is 20.7. The van der Waals surface area contributed by atoms with Gasteiger partial charge in [0.25, 0.3) is 0 Å². The van der Waals surface area contributed by atoms with Crippen molar-refractivity contribution in [3.63, 3.8) is 0 Å². The maximum atomic E-state index is 16.2. The number of aliphatic hydroxyl groups is 1. The number of rotatable bonds is 24. The molecule has 0 aliphatic carbocycles. The molecule has 24 heteroatoms. The molecule has 3 aliphatic rings. The van der Waals surface area contributed by atoms with E-state index in [2.05, 4.69) is 47.8 Å². The highest BCUT2D eigenvalue weighted by molar-refractivity contribution is 9.09. The van der Waals surface area contributed by atoms with Crippen LogP contribution in [0.4, 0.5) is 25.4 Å². The SMILES string of the molecule is CO[C@@H]1/C=C/C=C(\C)Cc2cc(C)c(Cl)c(c2)N(C)C(=O)C[C@H](OC(=O)Nc2cc(F)c(CC(=O)[C@H](CCCNC(N)=O)NC(=O)[C@@H](CC(=O)CCCCC(C)OC(=O)C(CBr)CBr)C(C)C)cc2Cl)[C@]2(C)O[C@H]2[C@H](C)[C@@H]2C[C@@]1(O)CC(=O)O2. The third kappa shape index (κ3) is 19.3. The van der Waals surface area contributed by atoms with Gasteiger partial charge in [-0.2, -0.15) is 0 Å². The minimum Gasteiger partial charge on any atom is -0.462 e. The van der Waals surface area contributed by atoms with Crippen LogP contribution in [0.3, 0.4) is 0 Å². The highest BCUT2D eigenvalue weighted by atomic mass is 79.9. The maximum absolute atomic E-state index is 16.2. The lowest BCUT2D eigenvalue weighted by Crippen LogP contribution is -2.53. The Morgan fingerprint density at radius 3 is 2.37 bits per heavy atom. The Balaban J connectivity index is 1.33. The van der Waals surface area contributed by atoms with E-state index < -0.39 is 108 Å². The van der Waals surface area contributed by atoms with Gasteiger partial charge >= 0.3 is 24.1 Å². The number of fused-ring (bicyclic) bond motifs is 5. The van der Waals surface area contributed by atoms with Crippen LogP contribution in [0.25, 0.3) is 0 Å². The number of carbonyl (C=O) groups excluding carboxylic acids is 8. The van der Waals surface area contributed by atoms with Gasteiger partial charge in [-0.15, -0.1) is 0 Å². The largest absolute Gasteiger partial charge is 0.462 e. The standard InChI is InChI=1S/C60H80Br2Cl2FN5O14/c1-32(2)41(25-40(71)16-11-10-15-35(5)81-56(76)39(30-61)31-62)55(75)68-44(17-13-19-67-57(66)77)47(72)24-38-23-42(63)45(26-43(38)65)69-58(78)83-50-27-51(73)70(8)46-22-37(21-34(4)53(46)64)20-33(3)14-12-18-49(80-9)60(79)28-48(82-52(74)29-60)36(6)54-59(50,7)84-54/h12,14,18,21-23,26,32,35-36,39,41,44,48-50,54,79H,10-11,13,15-17,19-20,24-25,27-31H2,1-9H3,(H,68,75)(H,69,78)(H3,66,67,77)/b18-12+,33-14+/t35?,36-,41+,44+,48+,49-,50+,54+,59+,60-/m1/s1. The van der Waals surface area contributed by atoms with Crippen LogP contribution in [-0.4, -0.2) is 132 Å². The van der Waals surface area contributed by atoms with Crippen LogP contribution in [0.15, 0.2) is 48.1 Å². The summed E-state index contributed by atoms with van der Waals surface area (Å²) in [6.07, 6.45) is 0.914. The molecule has 0 spiro atoms. The number of ketones is 2. The van der Waals surface area contributed by atoms with Gasteiger partial charge in [-0.1, -0.05) is 106 Å². The summed E-state index contributed by atoms with van der Waals surface area (Å²) in [6.45, 7) is 12.5. The number of amides is 5. The number of esters is 2. The lowest BCUT2D eigenvalue weighted by Gasteiger charge is -2.41. The van der Waals surface area contributed by atoms with E-state index >= 15 is 4.39 Å². The number of aryl methyl sites for hydroxylation is 1. The molecule has 1 unspecified atom stereocenters. The van der Waals surface area contributed by atoms with Crippen molar-refractivity contribution >= 4 is 114 Å². The van der Waals surface area contributed by atoms with E-state index in [-0.39, 0.29) is 91.0 Å². The number of carbonyl (C=O) groups is 8. The number of epoxide rings is 1. The molecule has 5 amide bonds. The molecule has 19 nitrogen and oxygen atoms in total. The molecule has 2 fully saturated rings. The molecule has 10 atom stereocenters. The average molecular weight is 1350 g/mol. The van der Waals surface area contributed by atoms with Crippen molar-refractivity contribution in [3.05, 3.63) is 80.6 Å². The second-order valence-corrected chi connectivity index (χ2v) is 25.0. The van der Waals surface area contributed by atoms with E-state index in [4.69, 9.17) is 52.6 Å². The van der Waals surface area contributed by atoms with E-state index in [0.717, 1.165) is 23.3 Å². The predicted octanol–water partition coefficient (Wildman–Crippen LogP) is 9.89. The number of Topliss-reactive ketones (excluding diaryl/α,β-unsaturated/α-hetero) is 2. The zero-order valence-corrected chi connectivity index (χ0v) is 53.8. The van der Waals surface area contributed by atoms with Crippen LogP contribution < -0.4 is 26.6 Å². The number of benzene rings is 2. The fraction of sp³-hybridized carbons (Fsp3) is 0.600. The highest BCUT2D eigenvalue weighted by Crippen LogP contribution is 2.50. The van der Waals surface area contributed by atoms with E-state index in [1.54, 1.807) is 59.9 Å². The first kappa shape index (κ1) is 69.8. The Kier molecular flexibility index (Phi) is 26.3. The summed E-state index contributed by atoms with van der Waals surface area (Å²) in [5.41, 5.74) is 4.65. The molecule has 6 N–H and O–H groups in total. The molecule has 3 aliphatic heterocycles. The predicted molar refractivity (Wildman–Crippen MR) is 324 cm³/mol. The number of nitrogens with zero attached hydrogens (tertiary/aromatic N) is 1. The molecule has 2 saturated heterocycles. The van der Waals surface area contributed by atoms with Gasteiger partial charge in [0.1, 0.15) is 41.1 Å². The van der Waals surface area contributed by atoms with E-state index in [9.17, 15) is 43.5 Å². The third-order valence-electron chi connectivity index (χ3n) is 15.8. The first-order valence-corrected chi connectivity index (χ1v) is 31.2. The second kappa shape index (κ2) is 31.6. The number of anilines is 2. The van der Waals surface area contributed by atoms with Gasteiger partial charge in [0.15, 0.2) is 5.78 Å².